The second kappa shape index (κ2) is 7.15. The van der Waals surface area contributed by atoms with Gasteiger partial charge in [-0.25, -0.2) is 4.79 Å². The molecule has 7 nitrogen and oxygen atoms in total. The highest BCUT2D eigenvalue weighted by atomic mass is 32.1. The molecule has 0 spiro atoms. The molecule has 1 N–H and O–H groups in total. The lowest BCUT2D eigenvalue weighted by Crippen LogP contribution is -2.45. The molecule has 8 heteroatoms. The van der Waals surface area contributed by atoms with Gasteiger partial charge in [-0.15, -0.1) is 10.2 Å². The van der Waals surface area contributed by atoms with Crippen LogP contribution in [0.25, 0.3) is 0 Å². The van der Waals surface area contributed by atoms with Crippen LogP contribution in [0.1, 0.15) is 12.8 Å². The Bertz CT molecular complexity index is 441. The van der Waals surface area contributed by atoms with Crippen LogP contribution in [0.15, 0.2) is 5.51 Å². The van der Waals surface area contributed by atoms with Crippen molar-refractivity contribution >= 4 is 22.5 Å². The zero-order valence-corrected chi connectivity index (χ0v) is 12.8. The first-order valence-electron chi connectivity index (χ1n) is 7.43. The van der Waals surface area contributed by atoms with Crippen LogP contribution in [0, 0.1) is 5.92 Å². The molecular weight excluding hydrogens is 290 g/mol. The normalized spacial score (nSPS) is 21.4. The predicted molar refractivity (Wildman–Crippen MR) is 80.5 cm³/mol. The molecular formula is C13H21N5O2S. The predicted octanol–water partition coefficient (Wildman–Crippen LogP) is 1.11. The van der Waals surface area contributed by atoms with Crippen molar-refractivity contribution in [1.29, 1.82) is 0 Å². The Balaban J connectivity index is 1.41. The number of likely N-dealkylation sites (tertiary alicyclic amines) is 1. The Kier molecular flexibility index (Phi) is 5.00. The van der Waals surface area contributed by atoms with Crippen LogP contribution in [-0.2, 0) is 4.74 Å². The van der Waals surface area contributed by atoms with Gasteiger partial charge in [0.1, 0.15) is 5.51 Å². The van der Waals surface area contributed by atoms with Gasteiger partial charge in [-0.05, 0) is 18.8 Å². The van der Waals surface area contributed by atoms with Crippen LogP contribution in [0.2, 0.25) is 0 Å². The lowest BCUT2D eigenvalue weighted by molar-refractivity contribution is 0.0260. The fourth-order valence-corrected chi connectivity index (χ4v) is 3.30. The van der Waals surface area contributed by atoms with Gasteiger partial charge in [0.05, 0.1) is 13.2 Å². The van der Waals surface area contributed by atoms with E-state index < -0.39 is 0 Å². The number of aromatic nitrogens is 2. The zero-order valence-electron chi connectivity index (χ0n) is 12.0. The minimum absolute atomic E-state index is 0.0587. The van der Waals surface area contributed by atoms with Crippen molar-refractivity contribution in [3.8, 4) is 0 Å². The minimum Gasteiger partial charge on any atom is -0.379 e. The summed E-state index contributed by atoms with van der Waals surface area (Å²) >= 11 is 1.34. The number of carbonyl (C=O) groups is 1. The number of ether oxygens (including phenoxy) is 1. The molecule has 0 bridgehead atoms. The van der Waals surface area contributed by atoms with Crippen molar-refractivity contribution in [1.82, 2.24) is 20.0 Å². The number of hydrogen-bond acceptors (Lipinski definition) is 6. The van der Waals surface area contributed by atoms with E-state index in [0.29, 0.717) is 11.0 Å². The Morgan fingerprint density at radius 3 is 2.76 bits per heavy atom. The van der Waals surface area contributed by atoms with Crippen molar-refractivity contribution in [2.24, 2.45) is 5.92 Å². The van der Waals surface area contributed by atoms with Crippen molar-refractivity contribution in [3.63, 3.8) is 0 Å². The molecule has 2 aliphatic heterocycles. The topological polar surface area (TPSA) is 70.6 Å². The summed E-state index contributed by atoms with van der Waals surface area (Å²) in [6, 6.07) is -0.0587. The average molecular weight is 311 g/mol. The molecule has 2 fully saturated rings. The number of piperidine rings is 1. The van der Waals surface area contributed by atoms with E-state index in [2.05, 4.69) is 20.4 Å². The Morgan fingerprint density at radius 1 is 1.33 bits per heavy atom. The highest BCUT2D eigenvalue weighted by Crippen LogP contribution is 2.20. The fourth-order valence-electron chi connectivity index (χ4n) is 2.87. The summed E-state index contributed by atoms with van der Waals surface area (Å²) in [5, 5.41) is 10.9. The third-order valence-corrected chi connectivity index (χ3v) is 4.70. The maximum atomic E-state index is 12.1. The smallest absolute Gasteiger partial charge is 0.323 e. The number of carbonyl (C=O) groups excluding carboxylic acids is 1. The van der Waals surface area contributed by atoms with E-state index in [4.69, 9.17) is 4.74 Å². The average Bonchev–Trinajstić information content (AvgIpc) is 3.02. The van der Waals surface area contributed by atoms with E-state index in [0.717, 1.165) is 58.8 Å². The van der Waals surface area contributed by atoms with E-state index in [1.807, 2.05) is 4.90 Å². The Labute approximate surface area is 128 Å². The fraction of sp³-hybridized carbons (Fsp3) is 0.769. The van der Waals surface area contributed by atoms with Gasteiger partial charge < -0.3 is 9.64 Å². The van der Waals surface area contributed by atoms with Crippen molar-refractivity contribution < 1.29 is 9.53 Å². The number of hydrogen-bond donors (Lipinski definition) is 1. The molecule has 0 atom stereocenters. The molecule has 0 radical (unpaired) electrons. The van der Waals surface area contributed by atoms with E-state index in [-0.39, 0.29) is 6.03 Å². The number of anilines is 1. The van der Waals surface area contributed by atoms with E-state index >= 15 is 0 Å². The second-order valence-electron chi connectivity index (χ2n) is 5.52. The largest absolute Gasteiger partial charge is 0.379 e. The Morgan fingerprint density at radius 2 is 2.10 bits per heavy atom. The molecule has 0 saturated carbocycles. The molecule has 3 heterocycles. The van der Waals surface area contributed by atoms with Crippen LogP contribution in [0.3, 0.4) is 0 Å². The van der Waals surface area contributed by atoms with E-state index in [1.54, 1.807) is 5.51 Å². The van der Waals surface area contributed by atoms with Crippen molar-refractivity contribution in [2.45, 2.75) is 12.8 Å². The summed E-state index contributed by atoms with van der Waals surface area (Å²) in [6.07, 6.45) is 2.14. The minimum atomic E-state index is -0.0587. The molecule has 1 aromatic rings. The van der Waals surface area contributed by atoms with Crippen LogP contribution >= 0.6 is 11.3 Å². The first-order valence-corrected chi connectivity index (χ1v) is 8.31. The summed E-state index contributed by atoms with van der Waals surface area (Å²) in [6.45, 7) is 6.55. The molecule has 3 rings (SSSR count). The molecule has 1 aromatic heterocycles. The molecule has 2 aliphatic rings. The highest BCUT2D eigenvalue weighted by molar-refractivity contribution is 7.13. The second-order valence-corrected chi connectivity index (χ2v) is 6.35. The quantitative estimate of drug-likeness (QED) is 0.905. The lowest BCUT2D eigenvalue weighted by Gasteiger charge is -2.35. The highest BCUT2D eigenvalue weighted by Gasteiger charge is 2.25. The number of rotatable bonds is 3. The number of urea groups is 1. The van der Waals surface area contributed by atoms with Gasteiger partial charge in [0.2, 0.25) is 5.13 Å². The molecule has 0 aromatic carbocycles. The molecule has 21 heavy (non-hydrogen) atoms. The lowest BCUT2D eigenvalue weighted by atomic mass is 9.96. The van der Waals surface area contributed by atoms with Gasteiger partial charge in [0, 0.05) is 32.7 Å². The van der Waals surface area contributed by atoms with Crippen LogP contribution in [0.4, 0.5) is 9.93 Å². The van der Waals surface area contributed by atoms with Crippen LogP contribution in [0.5, 0.6) is 0 Å². The maximum Gasteiger partial charge on any atom is 0.323 e. The zero-order chi connectivity index (χ0) is 14.5. The molecule has 116 valence electrons. The van der Waals surface area contributed by atoms with Crippen molar-refractivity contribution in [2.75, 3.05) is 51.3 Å². The number of nitrogens with zero attached hydrogens (tertiary/aromatic N) is 4. The van der Waals surface area contributed by atoms with Crippen LogP contribution < -0.4 is 5.32 Å². The summed E-state index contributed by atoms with van der Waals surface area (Å²) in [4.78, 5) is 16.4. The number of amides is 2. The van der Waals surface area contributed by atoms with Crippen LogP contribution in [-0.4, -0.2) is 72.0 Å². The van der Waals surface area contributed by atoms with Gasteiger partial charge in [0.15, 0.2) is 0 Å². The first-order chi connectivity index (χ1) is 10.3. The summed E-state index contributed by atoms with van der Waals surface area (Å²) < 4.78 is 5.37. The third-order valence-electron chi connectivity index (χ3n) is 4.10. The molecule has 0 unspecified atom stereocenters. The Hall–Kier alpha value is -1.25. The molecule has 2 amide bonds. The van der Waals surface area contributed by atoms with E-state index in [9.17, 15) is 4.79 Å². The standard InChI is InChI=1S/C13H21N5O2S/c19-13(15-12-16-14-10-21-12)18-3-1-11(2-4-18)9-17-5-7-20-8-6-17/h10-11H,1-9H2,(H,15,16,19). The van der Waals surface area contributed by atoms with Gasteiger partial charge >= 0.3 is 6.03 Å². The molecule has 2 saturated heterocycles. The number of morpholine rings is 1. The first kappa shape index (κ1) is 14.7. The third kappa shape index (κ3) is 4.12. The number of nitrogens with one attached hydrogen (secondary N) is 1. The van der Waals surface area contributed by atoms with Gasteiger partial charge in [-0.3, -0.25) is 10.2 Å². The SMILES string of the molecule is O=C(Nc1nncs1)N1CCC(CN2CCOCC2)CC1. The summed E-state index contributed by atoms with van der Waals surface area (Å²) in [7, 11) is 0. The van der Waals surface area contributed by atoms with Gasteiger partial charge in [0.25, 0.3) is 0 Å². The van der Waals surface area contributed by atoms with Crippen molar-refractivity contribution in [3.05, 3.63) is 5.51 Å². The van der Waals surface area contributed by atoms with E-state index in [1.165, 1.54) is 11.3 Å². The monoisotopic (exact) mass is 311 g/mol. The summed E-state index contributed by atoms with van der Waals surface area (Å²) in [5.41, 5.74) is 1.62. The van der Waals surface area contributed by atoms with Gasteiger partial charge in [-0.2, -0.15) is 0 Å². The summed E-state index contributed by atoms with van der Waals surface area (Å²) in [5.74, 6) is 0.689. The van der Waals surface area contributed by atoms with Gasteiger partial charge in [-0.1, -0.05) is 11.3 Å². The molecule has 0 aliphatic carbocycles. The maximum absolute atomic E-state index is 12.1.